The molecule has 0 atom stereocenters. The first-order valence-electron chi connectivity index (χ1n) is 5.33. The van der Waals surface area contributed by atoms with Crippen molar-refractivity contribution in [2.24, 2.45) is 0 Å². The average Bonchev–Trinajstić information content (AvgIpc) is 2.31. The van der Waals surface area contributed by atoms with Crippen LogP contribution in [0.4, 0.5) is 0 Å². The van der Waals surface area contributed by atoms with Crippen molar-refractivity contribution in [2.45, 2.75) is 13.8 Å². The second-order valence-electron chi connectivity index (χ2n) is 4.01. The second kappa shape index (κ2) is 4.74. The van der Waals surface area contributed by atoms with Crippen LogP contribution in [0.25, 0.3) is 11.3 Å². The van der Waals surface area contributed by atoms with Gasteiger partial charge in [0.2, 0.25) is 5.28 Å². The number of carbonyl (C=O) groups is 1. The molecule has 0 saturated heterocycles. The third-order valence-corrected chi connectivity index (χ3v) is 2.89. The summed E-state index contributed by atoms with van der Waals surface area (Å²) in [5, 5.41) is 8.86. The molecule has 0 saturated carbocycles. The molecular weight excluding hydrogens is 252 g/mol. The Balaban J connectivity index is 2.56. The molecule has 0 aliphatic heterocycles. The number of carboxylic acids is 1. The molecule has 0 amide bonds. The van der Waals surface area contributed by atoms with Crippen molar-refractivity contribution >= 4 is 17.6 Å². The number of hydrogen-bond acceptors (Lipinski definition) is 3. The Kier molecular flexibility index (Phi) is 3.30. The van der Waals surface area contributed by atoms with Gasteiger partial charge in [0.05, 0.1) is 5.69 Å². The topological polar surface area (TPSA) is 63.1 Å². The number of aryl methyl sites for hydroxylation is 2. The minimum atomic E-state index is -1.12. The van der Waals surface area contributed by atoms with E-state index in [-0.39, 0.29) is 11.0 Å². The first-order valence-corrected chi connectivity index (χ1v) is 5.70. The molecule has 5 heteroatoms. The Morgan fingerprint density at radius 1 is 1.17 bits per heavy atom. The quantitative estimate of drug-likeness (QED) is 0.845. The Bertz CT molecular complexity index is 626. The maximum absolute atomic E-state index is 10.9. The van der Waals surface area contributed by atoms with Gasteiger partial charge < -0.3 is 5.11 Å². The fraction of sp³-hybridized carbons (Fsp3) is 0.154. The minimum absolute atomic E-state index is 0.0665. The summed E-state index contributed by atoms with van der Waals surface area (Å²) in [6.45, 7) is 3.99. The van der Waals surface area contributed by atoms with Crippen molar-refractivity contribution in [3.63, 3.8) is 0 Å². The van der Waals surface area contributed by atoms with Crippen molar-refractivity contribution in [2.75, 3.05) is 0 Å². The summed E-state index contributed by atoms with van der Waals surface area (Å²) in [6.07, 6.45) is 0. The molecule has 0 radical (unpaired) electrons. The maximum atomic E-state index is 10.9. The lowest BCUT2D eigenvalue weighted by atomic mass is 10.0. The SMILES string of the molecule is Cc1ccc(-c2cc(C(=O)O)nc(Cl)n2)cc1C. The van der Waals surface area contributed by atoms with Crippen LogP contribution in [0.5, 0.6) is 0 Å². The zero-order valence-corrected chi connectivity index (χ0v) is 10.7. The van der Waals surface area contributed by atoms with Crippen LogP contribution in [0.1, 0.15) is 21.6 Å². The van der Waals surface area contributed by atoms with E-state index in [4.69, 9.17) is 16.7 Å². The molecule has 18 heavy (non-hydrogen) atoms. The highest BCUT2D eigenvalue weighted by Crippen LogP contribution is 2.22. The summed E-state index contributed by atoms with van der Waals surface area (Å²) in [4.78, 5) is 18.6. The number of aromatic nitrogens is 2. The van der Waals surface area contributed by atoms with Crippen LogP contribution < -0.4 is 0 Å². The molecule has 1 aromatic carbocycles. The van der Waals surface area contributed by atoms with Gasteiger partial charge in [0.25, 0.3) is 0 Å². The van der Waals surface area contributed by atoms with Gasteiger partial charge >= 0.3 is 5.97 Å². The summed E-state index contributed by atoms with van der Waals surface area (Å²) in [5.74, 6) is -1.12. The highest BCUT2D eigenvalue weighted by atomic mass is 35.5. The predicted molar refractivity (Wildman–Crippen MR) is 68.9 cm³/mol. The monoisotopic (exact) mass is 262 g/mol. The maximum Gasteiger partial charge on any atom is 0.354 e. The van der Waals surface area contributed by atoms with E-state index in [0.29, 0.717) is 5.69 Å². The molecule has 0 aliphatic rings. The lowest BCUT2D eigenvalue weighted by Gasteiger charge is -2.06. The van der Waals surface area contributed by atoms with Crippen molar-refractivity contribution in [1.29, 1.82) is 0 Å². The summed E-state index contributed by atoms with van der Waals surface area (Å²) < 4.78 is 0. The van der Waals surface area contributed by atoms with Gasteiger partial charge in [-0.05, 0) is 48.7 Å². The standard InChI is InChI=1S/C13H11ClN2O2/c1-7-3-4-9(5-8(7)2)10-6-11(12(17)18)16-13(14)15-10/h3-6H,1-2H3,(H,17,18). The van der Waals surface area contributed by atoms with E-state index in [1.807, 2.05) is 32.0 Å². The zero-order chi connectivity index (χ0) is 13.3. The van der Waals surface area contributed by atoms with E-state index in [1.54, 1.807) is 0 Å². The van der Waals surface area contributed by atoms with Crippen molar-refractivity contribution in [3.8, 4) is 11.3 Å². The zero-order valence-electron chi connectivity index (χ0n) is 9.94. The second-order valence-corrected chi connectivity index (χ2v) is 4.35. The first-order chi connectivity index (χ1) is 8.47. The number of halogens is 1. The Labute approximate surface area is 109 Å². The van der Waals surface area contributed by atoms with Crippen molar-refractivity contribution < 1.29 is 9.90 Å². The molecule has 2 rings (SSSR count). The van der Waals surface area contributed by atoms with Gasteiger partial charge in [-0.1, -0.05) is 12.1 Å². The van der Waals surface area contributed by atoms with Gasteiger partial charge in [0.1, 0.15) is 0 Å². The van der Waals surface area contributed by atoms with E-state index >= 15 is 0 Å². The molecule has 1 N–H and O–H groups in total. The van der Waals surface area contributed by atoms with Crippen LogP contribution in [0.3, 0.4) is 0 Å². The van der Waals surface area contributed by atoms with Gasteiger partial charge in [0.15, 0.2) is 5.69 Å². The van der Waals surface area contributed by atoms with E-state index in [2.05, 4.69) is 9.97 Å². The Morgan fingerprint density at radius 2 is 1.89 bits per heavy atom. The van der Waals surface area contributed by atoms with Gasteiger partial charge in [-0.3, -0.25) is 0 Å². The fourth-order valence-electron chi connectivity index (χ4n) is 1.58. The molecular formula is C13H11ClN2O2. The molecule has 1 heterocycles. The molecule has 4 nitrogen and oxygen atoms in total. The van der Waals surface area contributed by atoms with E-state index in [1.165, 1.54) is 6.07 Å². The van der Waals surface area contributed by atoms with Crippen LogP contribution in [-0.4, -0.2) is 21.0 Å². The van der Waals surface area contributed by atoms with Gasteiger partial charge in [-0.15, -0.1) is 0 Å². The largest absolute Gasteiger partial charge is 0.477 e. The molecule has 0 fully saturated rings. The molecule has 0 unspecified atom stereocenters. The van der Waals surface area contributed by atoms with Crippen molar-refractivity contribution in [1.82, 2.24) is 9.97 Å². The lowest BCUT2D eigenvalue weighted by Crippen LogP contribution is -2.02. The fourth-order valence-corrected chi connectivity index (χ4v) is 1.76. The van der Waals surface area contributed by atoms with Gasteiger partial charge in [-0.2, -0.15) is 0 Å². The molecule has 1 aromatic heterocycles. The molecule has 0 spiro atoms. The highest BCUT2D eigenvalue weighted by Gasteiger charge is 2.11. The van der Waals surface area contributed by atoms with Gasteiger partial charge in [-0.25, -0.2) is 14.8 Å². The first kappa shape index (κ1) is 12.5. The van der Waals surface area contributed by atoms with E-state index < -0.39 is 5.97 Å². The summed E-state index contributed by atoms with van der Waals surface area (Å²) in [6, 6.07) is 7.20. The van der Waals surface area contributed by atoms with Gasteiger partial charge in [0, 0.05) is 5.56 Å². The number of carboxylic acid groups (broad SMARTS) is 1. The minimum Gasteiger partial charge on any atom is -0.477 e. The van der Waals surface area contributed by atoms with Crippen LogP contribution in [0.2, 0.25) is 5.28 Å². The molecule has 2 aromatic rings. The number of nitrogens with zero attached hydrogens (tertiary/aromatic N) is 2. The molecule has 0 bridgehead atoms. The number of aromatic carboxylic acids is 1. The summed E-state index contributed by atoms with van der Waals surface area (Å²) in [7, 11) is 0. The highest BCUT2D eigenvalue weighted by molar-refractivity contribution is 6.28. The third kappa shape index (κ3) is 2.49. The van der Waals surface area contributed by atoms with Crippen LogP contribution in [-0.2, 0) is 0 Å². The summed E-state index contributed by atoms with van der Waals surface area (Å²) in [5.41, 5.74) is 3.50. The molecule has 92 valence electrons. The smallest absolute Gasteiger partial charge is 0.354 e. The van der Waals surface area contributed by atoms with E-state index in [9.17, 15) is 4.79 Å². The summed E-state index contributed by atoms with van der Waals surface area (Å²) >= 11 is 5.73. The Hall–Kier alpha value is -1.94. The molecule has 0 aliphatic carbocycles. The van der Waals surface area contributed by atoms with Crippen LogP contribution in [0.15, 0.2) is 24.3 Å². The number of rotatable bonds is 2. The predicted octanol–water partition coefficient (Wildman–Crippen LogP) is 3.11. The number of hydrogen-bond donors (Lipinski definition) is 1. The Morgan fingerprint density at radius 3 is 2.50 bits per heavy atom. The number of benzene rings is 1. The lowest BCUT2D eigenvalue weighted by molar-refractivity contribution is 0.0690. The van der Waals surface area contributed by atoms with Crippen molar-refractivity contribution in [3.05, 3.63) is 46.4 Å². The van der Waals surface area contributed by atoms with Crippen LogP contribution in [0, 0.1) is 13.8 Å². The third-order valence-electron chi connectivity index (χ3n) is 2.72. The van der Waals surface area contributed by atoms with Crippen LogP contribution >= 0.6 is 11.6 Å². The normalized spacial score (nSPS) is 10.4. The van der Waals surface area contributed by atoms with E-state index in [0.717, 1.165) is 16.7 Å². The average molecular weight is 263 g/mol.